The van der Waals surface area contributed by atoms with E-state index in [1.54, 1.807) is 40.6 Å². The Morgan fingerprint density at radius 1 is 0.833 bits per heavy atom. The first kappa shape index (κ1) is 21.4. The zero-order valence-corrected chi connectivity index (χ0v) is 17.9. The number of carbonyl (C=O) groups is 1. The minimum atomic E-state index is -0.0246. The van der Waals surface area contributed by atoms with E-state index in [-0.39, 0.29) is 5.91 Å². The van der Waals surface area contributed by atoms with E-state index >= 15 is 0 Å². The number of methoxy groups -OCH3 is 4. The first-order valence-corrected chi connectivity index (χ1v) is 9.76. The average Bonchev–Trinajstić information content (AvgIpc) is 2.81. The highest BCUT2D eigenvalue weighted by Gasteiger charge is 2.21. The fourth-order valence-corrected chi connectivity index (χ4v) is 3.53. The number of para-hydroxylation sites is 2. The van der Waals surface area contributed by atoms with Crippen LogP contribution in [-0.4, -0.2) is 65.4 Å². The number of anilines is 1. The summed E-state index contributed by atoms with van der Waals surface area (Å²) in [6, 6.07) is 11.6. The Kier molecular flexibility index (Phi) is 7.06. The van der Waals surface area contributed by atoms with Gasteiger partial charge in [0.25, 0.3) is 0 Å². The van der Waals surface area contributed by atoms with Crippen molar-refractivity contribution in [2.24, 2.45) is 0 Å². The van der Waals surface area contributed by atoms with Crippen LogP contribution in [0, 0.1) is 0 Å². The normalized spacial score (nSPS) is 14.0. The zero-order chi connectivity index (χ0) is 21.5. The monoisotopic (exact) mass is 412 g/mol. The van der Waals surface area contributed by atoms with Crippen LogP contribution in [0.5, 0.6) is 23.0 Å². The van der Waals surface area contributed by atoms with Crippen molar-refractivity contribution in [3.8, 4) is 23.0 Å². The van der Waals surface area contributed by atoms with Crippen LogP contribution in [0.2, 0.25) is 0 Å². The minimum Gasteiger partial charge on any atom is -0.495 e. The molecule has 3 rings (SSSR count). The van der Waals surface area contributed by atoms with Crippen molar-refractivity contribution < 1.29 is 23.7 Å². The fourth-order valence-electron chi connectivity index (χ4n) is 3.53. The topological polar surface area (TPSA) is 60.5 Å². The zero-order valence-electron chi connectivity index (χ0n) is 17.9. The molecule has 0 radical (unpaired) electrons. The lowest BCUT2D eigenvalue weighted by Crippen LogP contribution is -2.48. The van der Waals surface area contributed by atoms with Gasteiger partial charge in [0.1, 0.15) is 5.75 Å². The van der Waals surface area contributed by atoms with Gasteiger partial charge in [-0.25, -0.2) is 0 Å². The van der Waals surface area contributed by atoms with Gasteiger partial charge in [-0.05, 0) is 35.9 Å². The van der Waals surface area contributed by atoms with E-state index in [0.29, 0.717) is 30.3 Å². The average molecular weight is 412 g/mol. The standard InChI is InChI=1S/C23H28N2O5/c1-27-19-8-6-5-7-18(19)24-11-13-25(14-12-24)22(26)10-9-17-15-20(28-2)23(30-4)21(16-17)29-3/h5-10,15-16H,11-14H2,1-4H3. The summed E-state index contributed by atoms with van der Waals surface area (Å²) < 4.78 is 21.5. The summed E-state index contributed by atoms with van der Waals surface area (Å²) in [5.41, 5.74) is 1.85. The number of amides is 1. The SMILES string of the molecule is COc1ccccc1N1CCN(C(=O)C=Cc2cc(OC)c(OC)c(OC)c2)CC1. The summed E-state index contributed by atoms with van der Waals surface area (Å²) >= 11 is 0. The second kappa shape index (κ2) is 9.91. The van der Waals surface area contributed by atoms with E-state index in [1.807, 2.05) is 41.3 Å². The Morgan fingerprint density at radius 2 is 1.43 bits per heavy atom. The highest BCUT2D eigenvalue weighted by Crippen LogP contribution is 2.38. The van der Waals surface area contributed by atoms with Gasteiger partial charge in [0.05, 0.1) is 34.1 Å². The van der Waals surface area contributed by atoms with E-state index in [2.05, 4.69) is 4.90 Å². The Balaban J connectivity index is 1.65. The first-order valence-electron chi connectivity index (χ1n) is 9.76. The molecule has 1 fully saturated rings. The van der Waals surface area contributed by atoms with Gasteiger partial charge in [0.2, 0.25) is 11.7 Å². The Labute approximate surface area is 177 Å². The van der Waals surface area contributed by atoms with Gasteiger partial charge >= 0.3 is 0 Å². The largest absolute Gasteiger partial charge is 0.495 e. The number of hydrogen-bond donors (Lipinski definition) is 0. The van der Waals surface area contributed by atoms with Crippen molar-refractivity contribution in [1.82, 2.24) is 4.90 Å². The van der Waals surface area contributed by atoms with Crippen LogP contribution in [0.4, 0.5) is 5.69 Å². The van der Waals surface area contributed by atoms with Crippen LogP contribution in [-0.2, 0) is 4.79 Å². The molecule has 2 aromatic rings. The molecule has 0 saturated carbocycles. The maximum atomic E-state index is 12.7. The molecule has 1 saturated heterocycles. The third-order valence-electron chi connectivity index (χ3n) is 5.12. The Morgan fingerprint density at radius 3 is 2.00 bits per heavy atom. The summed E-state index contributed by atoms with van der Waals surface area (Å²) in [5.74, 6) is 2.45. The minimum absolute atomic E-state index is 0.0246. The highest BCUT2D eigenvalue weighted by molar-refractivity contribution is 5.92. The molecule has 0 atom stereocenters. The molecule has 0 aliphatic carbocycles. The molecular weight excluding hydrogens is 384 g/mol. The van der Waals surface area contributed by atoms with Crippen LogP contribution < -0.4 is 23.8 Å². The molecule has 1 aliphatic rings. The van der Waals surface area contributed by atoms with Gasteiger partial charge < -0.3 is 28.7 Å². The molecule has 2 aromatic carbocycles. The number of rotatable bonds is 7. The van der Waals surface area contributed by atoms with Gasteiger partial charge in [-0.3, -0.25) is 4.79 Å². The van der Waals surface area contributed by atoms with E-state index in [1.165, 1.54) is 0 Å². The Bertz CT molecular complexity index is 879. The number of carbonyl (C=O) groups excluding carboxylic acids is 1. The second-order valence-electron chi connectivity index (χ2n) is 6.78. The van der Waals surface area contributed by atoms with Gasteiger partial charge in [0.15, 0.2) is 11.5 Å². The van der Waals surface area contributed by atoms with Crippen molar-refractivity contribution in [3.05, 3.63) is 48.0 Å². The summed E-state index contributed by atoms with van der Waals surface area (Å²) in [4.78, 5) is 16.8. The molecule has 7 nitrogen and oxygen atoms in total. The molecule has 30 heavy (non-hydrogen) atoms. The van der Waals surface area contributed by atoms with Gasteiger partial charge in [-0.15, -0.1) is 0 Å². The molecule has 160 valence electrons. The quantitative estimate of drug-likeness (QED) is 0.652. The molecule has 1 aliphatic heterocycles. The molecule has 0 bridgehead atoms. The van der Waals surface area contributed by atoms with E-state index in [4.69, 9.17) is 18.9 Å². The summed E-state index contributed by atoms with van der Waals surface area (Å²) in [5, 5.41) is 0. The number of ether oxygens (including phenoxy) is 4. The Hall–Kier alpha value is -3.35. The molecule has 0 spiro atoms. The van der Waals surface area contributed by atoms with E-state index < -0.39 is 0 Å². The van der Waals surface area contributed by atoms with Gasteiger partial charge in [0, 0.05) is 32.3 Å². The van der Waals surface area contributed by atoms with Gasteiger partial charge in [-0.2, -0.15) is 0 Å². The van der Waals surface area contributed by atoms with Crippen molar-refractivity contribution in [3.63, 3.8) is 0 Å². The molecule has 0 N–H and O–H groups in total. The van der Waals surface area contributed by atoms with Crippen molar-refractivity contribution in [2.75, 3.05) is 59.5 Å². The molecule has 1 heterocycles. The van der Waals surface area contributed by atoms with Crippen molar-refractivity contribution in [2.45, 2.75) is 0 Å². The molecule has 0 unspecified atom stereocenters. The summed E-state index contributed by atoms with van der Waals surface area (Å²) in [6.07, 6.45) is 3.35. The first-order chi connectivity index (χ1) is 14.6. The smallest absolute Gasteiger partial charge is 0.246 e. The van der Waals surface area contributed by atoms with E-state index in [9.17, 15) is 4.79 Å². The lowest BCUT2D eigenvalue weighted by atomic mass is 10.1. The third-order valence-corrected chi connectivity index (χ3v) is 5.12. The number of hydrogen-bond acceptors (Lipinski definition) is 6. The third kappa shape index (κ3) is 4.62. The van der Waals surface area contributed by atoms with Crippen molar-refractivity contribution >= 4 is 17.7 Å². The van der Waals surface area contributed by atoms with Crippen LogP contribution in [0.3, 0.4) is 0 Å². The van der Waals surface area contributed by atoms with Crippen LogP contribution in [0.1, 0.15) is 5.56 Å². The maximum absolute atomic E-state index is 12.7. The fraction of sp³-hybridized carbons (Fsp3) is 0.348. The molecule has 0 aromatic heterocycles. The maximum Gasteiger partial charge on any atom is 0.246 e. The van der Waals surface area contributed by atoms with E-state index in [0.717, 1.165) is 30.1 Å². The number of nitrogens with zero attached hydrogens (tertiary/aromatic N) is 2. The second-order valence-corrected chi connectivity index (χ2v) is 6.78. The summed E-state index contributed by atoms with van der Waals surface area (Å²) in [6.45, 7) is 2.81. The van der Waals surface area contributed by atoms with Crippen molar-refractivity contribution in [1.29, 1.82) is 0 Å². The number of benzene rings is 2. The van der Waals surface area contributed by atoms with Crippen LogP contribution in [0.15, 0.2) is 42.5 Å². The molecule has 7 heteroatoms. The van der Waals surface area contributed by atoms with Crippen LogP contribution in [0.25, 0.3) is 6.08 Å². The molecule has 1 amide bonds. The predicted molar refractivity (Wildman–Crippen MR) is 117 cm³/mol. The van der Waals surface area contributed by atoms with Gasteiger partial charge in [-0.1, -0.05) is 12.1 Å². The van der Waals surface area contributed by atoms with Crippen LogP contribution >= 0.6 is 0 Å². The lowest BCUT2D eigenvalue weighted by Gasteiger charge is -2.36. The lowest BCUT2D eigenvalue weighted by molar-refractivity contribution is -0.126. The molecular formula is C23H28N2O5. The highest BCUT2D eigenvalue weighted by atomic mass is 16.5. The predicted octanol–water partition coefficient (Wildman–Crippen LogP) is 3.08. The number of piperazine rings is 1. The summed E-state index contributed by atoms with van der Waals surface area (Å²) in [7, 11) is 6.37.